The van der Waals surface area contributed by atoms with Gasteiger partial charge in [0.1, 0.15) is 6.07 Å². The number of carbonyl (C=O) groups excluding carboxylic acids is 1. The first kappa shape index (κ1) is 10.7. The van der Waals surface area contributed by atoms with E-state index in [4.69, 9.17) is 5.26 Å². The molecule has 14 heavy (non-hydrogen) atoms. The van der Waals surface area contributed by atoms with Gasteiger partial charge in [-0.15, -0.1) is 0 Å². The fourth-order valence-corrected chi connectivity index (χ4v) is 1.77. The quantitative estimate of drug-likeness (QED) is 0.723. The van der Waals surface area contributed by atoms with E-state index in [1.165, 1.54) is 7.11 Å². The lowest BCUT2D eigenvalue weighted by atomic mass is 10.1. The summed E-state index contributed by atoms with van der Waals surface area (Å²) in [4.78, 5) is 11.2. The van der Waals surface area contributed by atoms with Crippen molar-refractivity contribution in [3.8, 4) is 6.07 Å². The molecule has 0 amide bonds. The van der Waals surface area contributed by atoms with Gasteiger partial charge in [-0.1, -0.05) is 0 Å². The van der Waals surface area contributed by atoms with Gasteiger partial charge < -0.3 is 4.74 Å². The van der Waals surface area contributed by atoms with Crippen LogP contribution in [0.15, 0.2) is 16.6 Å². The van der Waals surface area contributed by atoms with Gasteiger partial charge in [0.15, 0.2) is 0 Å². The first-order chi connectivity index (χ1) is 6.60. The van der Waals surface area contributed by atoms with Gasteiger partial charge in [0.05, 0.1) is 18.2 Å². The maximum absolute atomic E-state index is 11.2. The topological polar surface area (TPSA) is 50.1 Å². The Labute approximate surface area is 90.4 Å². The average molecular weight is 254 g/mol. The minimum absolute atomic E-state index is 0.404. The highest BCUT2D eigenvalue weighted by atomic mass is 79.9. The van der Waals surface area contributed by atoms with Crippen LogP contribution in [0.1, 0.15) is 21.5 Å². The van der Waals surface area contributed by atoms with Crippen molar-refractivity contribution in [1.82, 2.24) is 0 Å². The summed E-state index contributed by atoms with van der Waals surface area (Å²) in [5.74, 6) is -0.404. The number of nitrogens with zero attached hydrogens (tertiary/aromatic N) is 1. The lowest BCUT2D eigenvalue weighted by molar-refractivity contribution is 0.0600. The largest absolute Gasteiger partial charge is 0.465 e. The van der Waals surface area contributed by atoms with Gasteiger partial charge in [-0.05, 0) is 40.5 Å². The second kappa shape index (κ2) is 4.25. The molecule has 0 saturated heterocycles. The third kappa shape index (κ3) is 1.94. The van der Waals surface area contributed by atoms with Crippen LogP contribution in [0.2, 0.25) is 0 Å². The van der Waals surface area contributed by atoms with Gasteiger partial charge in [-0.2, -0.15) is 5.26 Å². The van der Waals surface area contributed by atoms with Crippen molar-refractivity contribution in [3.63, 3.8) is 0 Å². The van der Waals surface area contributed by atoms with E-state index >= 15 is 0 Å². The van der Waals surface area contributed by atoms with Crippen molar-refractivity contribution in [2.24, 2.45) is 0 Å². The normalized spacial score (nSPS) is 9.29. The number of esters is 1. The smallest absolute Gasteiger partial charge is 0.337 e. The second-order valence-corrected chi connectivity index (χ2v) is 3.61. The predicted octanol–water partition coefficient (Wildman–Crippen LogP) is 2.42. The summed E-state index contributed by atoms with van der Waals surface area (Å²) in [5.41, 5.74) is 1.73. The molecule has 0 radical (unpaired) electrons. The highest BCUT2D eigenvalue weighted by Crippen LogP contribution is 2.22. The van der Waals surface area contributed by atoms with Gasteiger partial charge in [-0.3, -0.25) is 0 Å². The molecule has 0 aliphatic heterocycles. The summed E-state index contributed by atoms with van der Waals surface area (Å²) in [5, 5.41) is 8.79. The molecule has 0 fully saturated rings. The Hall–Kier alpha value is -1.34. The molecule has 1 aromatic rings. The van der Waals surface area contributed by atoms with E-state index in [1.807, 2.05) is 6.07 Å². The van der Waals surface area contributed by atoms with Gasteiger partial charge in [0.25, 0.3) is 0 Å². The van der Waals surface area contributed by atoms with Crippen molar-refractivity contribution < 1.29 is 9.53 Å². The summed E-state index contributed by atoms with van der Waals surface area (Å²) in [7, 11) is 1.32. The summed E-state index contributed by atoms with van der Waals surface area (Å²) >= 11 is 3.23. The number of ether oxygens (including phenoxy) is 1. The molecule has 0 aliphatic rings. The Kier molecular flexibility index (Phi) is 3.26. The zero-order chi connectivity index (χ0) is 10.7. The first-order valence-electron chi connectivity index (χ1n) is 3.88. The third-order valence-electron chi connectivity index (χ3n) is 1.82. The molecule has 0 unspecified atom stereocenters. The van der Waals surface area contributed by atoms with Crippen molar-refractivity contribution in [1.29, 1.82) is 5.26 Å². The van der Waals surface area contributed by atoms with Gasteiger partial charge in [-0.25, -0.2) is 4.79 Å². The average Bonchev–Trinajstić information content (AvgIpc) is 2.16. The number of hydrogen-bond donors (Lipinski definition) is 0. The Morgan fingerprint density at radius 3 is 2.64 bits per heavy atom. The molecule has 0 aromatic heterocycles. The van der Waals surface area contributed by atoms with E-state index in [1.54, 1.807) is 19.1 Å². The molecule has 4 heteroatoms. The van der Waals surface area contributed by atoms with Crippen LogP contribution < -0.4 is 0 Å². The van der Waals surface area contributed by atoms with Crippen molar-refractivity contribution >= 4 is 21.9 Å². The van der Waals surface area contributed by atoms with Crippen LogP contribution in [0.5, 0.6) is 0 Å². The Balaban J connectivity index is 3.29. The summed E-state index contributed by atoms with van der Waals surface area (Å²) in [6, 6.07) is 5.26. The molecule has 0 N–H and O–H groups in total. The van der Waals surface area contributed by atoms with Crippen LogP contribution >= 0.6 is 15.9 Å². The molecular formula is C10H8BrNO2. The monoisotopic (exact) mass is 253 g/mol. The van der Waals surface area contributed by atoms with Crippen molar-refractivity contribution in [3.05, 3.63) is 33.3 Å². The number of methoxy groups -OCH3 is 1. The number of halogens is 1. The number of benzene rings is 1. The van der Waals surface area contributed by atoms with Crippen molar-refractivity contribution in [2.45, 2.75) is 6.92 Å². The van der Waals surface area contributed by atoms with Crippen molar-refractivity contribution in [2.75, 3.05) is 7.11 Å². The molecule has 72 valence electrons. The second-order valence-electron chi connectivity index (χ2n) is 2.75. The van der Waals surface area contributed by atoms with Gasteiger partial charge >= 0.3 is 5.97 Å². The van der Waals surface area contributed by atoms with Gasteiger partial charge in [0, 0.05) is 4.47 Å². The van der Waals surface area contributed by atoms with Crippen LogP contribution in [0.4, 0.5) is 0 Å². The standard InChI is InChI=1S/C10H8BrNO2/c1-6-3-7(10(13)14-2)4-9(11)8(6)5-12/h3-4H,1-2H3. The SMILES string of the molecule is COC(=O)c1cc(C)c(C#N)c(Br)c1. The number of aryl methyl sites for hydroxylation is 1. The number of carbonyl (C=O) groups is 1. The Bertz CT molecular complexity index is 398. The number of rotatable bonds is 1. The maximum Gasteiger partial charge on any atom is 0.337 e. The lowest BCUT2D eigenvalue weighted by Gasteiger charge is -2.04. The molecule has 3 nitrogen and oxygen atoms in total. The lowest BCUT2D eigenvalue weighted by Crippen LogP contribution is -2.02. The minimum Gasteiger partial charge on any atom is -0.465 e. The summed E-state index contributed by atoms with van der Waals surface area (Å²) < 4.78 is 5.19. The van der Waals surface area contributed by atoms with Crippen LogP contribution in [0, 0.1) is 18.3 Å². The minimum atomic E-state index is -0.404. The summed E-state index contributed by atoms with van der Waals surface area (Å²) in [6.45, 7) is 1.77. The van der Waals surface area contributed by atoms with Gasteiger partial charge in [0.2, 0.25) is 0 Å². The Morgan fingerprint density at radius 2 is 2.21 bits per heavy atom. The molecule has 0 atom stereocenters. The first-order valence-corrected chi connectivity index (χ1v) is 4.68. The number of hydrogen-bond acceptors (Lipinski definition) is 3. The molecule has 0 heterocycles. The fraction of sp³-hybridized carbons (Fsp3) is 0.200. The zero-order valence-electron chi connectivity index (χ0n) is 7.80. The van der Waals surface area contributed by atoms with Crippen LogP contribution in [-0.2, 0) is 4.74 Å². The fourth-order valence-electron chi connectivity index (χ4n) is 1.12. The highest BCUT2D eigenvalue weighted by Gasteiger charge is 2.10. The Morgan fingerprint density at radius 1 is 1.57 bits per heavy atom. The third-order valence-corrected chi connectivity index (χ3v) is 2.45. The molecule has 1 rings (SSSR count). The van der Waals surface area contributed by atoms with E-state index in [9.17, 15) is 4.79 Å². The van der Waals surface area contributed by atoms with Crippen LogP contribution in [0.3, 0.4) is 0 Å². The molecular weight excluding hydrogens is 246 g/mol. The summed E-state index contributed by atoms with van der Waals surface area (Å²) in [6.07, 6.45) is 0. The number of nitriles is 1. The van der Waals surface area contributed by atoms with Crippen LogP contribution in [-0.4, -0.2) is 13.1 Å². The zero-order valence-corrected chi connectivity index (χ0v) is 9.38. The molecule has 1 aromatic carbocycles. The van der Waals surface area contributed by atoms with Crippen LogP contribution in [0.25, 0.3) is 0 Å². The van der Waals surface area contributed by atoms with E-state index in [0.717, 1.165) is 5.56 Å². The molecule has 0 aliphatic carbocycles. The molecule has 0 spiro atoms. The molecule has 0 saturated carbocycles. The van der Waals surface area contributed by atoms with E-state index in [2.05, 4.69) is 20.7 Å². The van der Waals surface area contributed by atoms with E-state index < -0.39 is 5.97 Å². The molecule has 0 bridgehead atoms. The highest BCUT2D eigenvalue weighted by molar-refractivity contribution is 9.10. The maximum atomic E-state index is 11.2. The predicted molar refractivity (Wildman–Crippen MR) is 54.9 cm³/mol. The van der Waals surface area contributed by atoms with E-state index in [-0.39, 0.29) is 0 Å². The van der Waals surface area contributed by atoms with E-state index in [0.29, 0.717) is 15.6 Å².